The van der Waals surface area contributed by atoms with Gasteiger partial charge in [-0.3, -0.25) is 0 Å². The highest BCUT2D eigenvalue weighted by Gasteiger charge is 2.08. The van der Waals surface area contributed by atoms with E-state index in [0.29, 0.717) is 38.6 Å². The van der Waals surface area contributed by atoms with Gasteiger partial charge in [-0.15, -0.1) is 0 Å². The van der Waals surface area contributed by atoms with Crippen molar-refractivity contribution in [1.29, 1.82) is 0 Å². The molecule has 0 aliphatic carbocycles. The molecule has 0 saturated heterocycles. The Morgan fingerprint density at radius 3 is 2.50 bits per heavy atom. The summed E-state index contributed by atoms with van der Waals surface area (Å²) in [5, 5.41) is 2.91. The predicted molar refractivity (Wildman–Crippen MR) is 66.0 cm³/mol. The maximum absolute atomic E-state index is 11.4. The lowest BCUT2D eigenvalue weighted by Crippen LogP contribution is -2.30. The van der Waals surface area contributed by atoms with Gasteiger partial charge < -0.3 is 10.1 Å². The van der Waals surface area contributed by atoms with Crippen LogP contribution in [0, 0.1) is 5.92 Å². The molecule has 0 amide bonds. The molecule has 0 atom stereocenters. The first-order valence-electron chi connectivity index (χ1n) is 5.67. The van der Waals surface area contributed by atoms with E-state index in [1.54, 1.807) is 7.05 Å². The zero-order valence-electron chi connectivity index (χ0n) is 10.5. The minimum Gasteiger partial charge on any atom is -0.380 e. The quantitative estimate of drug-likeness (QED) is 0.545. The summed E-state index contributed by atoms with van der Waals surface area (Å²) < 4.78 is 30.6. The van der Waals surface area contributed by atoms with E-state index < -0.39 is 10.0 Å². The second-order valence-electron chi connectivity index (χ2n) is 4.14. The summed E-state index contributed by atoms with van der Waals surface area (Å²) >= 11 is 0. The lowest BCUT2D eigenvalue weighted by molar-refractivity contribution is 0.114. The first kappa shape index (κ1) is 15.8. The van der Waals surface area contributed by atoms with Gasteiger partial charge in [-0.2, -0.15) is 0 Å². The Kier molecular flexibility index (Phi) is 8.83. The van der Waals surface area contributed by atoms with Crippen molar-refractivity contribution in [2.75, 3.05) is 39.1 Å². The smallest absolute Gasteiger partial charge is 0.211 e. The standard InChI is InChI=1S/C10H24N2O3S/c1-10(2)9-15-7-6-12-16(13,14)8-4-5-11-3/h10-12H,4-9H2,1-3H3. The number of nitrogens with one attached hydrogen (secondary N) is 2. The van der Waals surface area contributed by atoms with Crippen LogP contribution >= 0.6 is 0 Å². The summed E-state index contributed by atoms with van der Waals surface area (Å²) in [6.45, 7) is 6.29. The van der Waals surface area contributed by atoms with Crippen molar-refractivity contribution in [2.24, 2.45) is 5.92 Å². The lowest BCUT2D eigenvalue weighted by Gasteiger charge is -2.08. The van der Waals surface area contributed by atoms with Crippen LogP contribution in [0.15, 0.2) is 0 Å². The van der Waals surface area contributed by atoms with Crippen molar-refractivity contribution in [2.45, 2.75) is 20.3 Å². The second kappa shape index (κ2) is 8.92. The Bertz CT molecular complexity index is 253. The molecule has 0 rings (SSSR count). The summed E-state index contributed by atoms with van der Waals surface area (Å²) in [6.07, 6.45) is 0.624. The highest BCUT2D eigenvalue weighted by atomic mass is 32.2. The largest absolute Gasteiger partial charge is 0.380 e. The molecule has 0 aromatic rings. The van der Waals surface area contributed by atoms with E-state index in [-0.39, 0.29) is 5.75 Å². The Morgan fingerprint density at radius 2 is 1.94 bits per heavy atom. The Balaban J connectivity index is 3.51. The topological polar surface area (TPSA) is 67.4 Å². The maximum Gasteiger partial charge on any atom is 0.211 e. The van der Waals surface area contributed by atoms with E-state index in [2.05, 4.69) is 23.9 Å². The zero-order valence-corrected chi connectivity index (χ0v) is 11.3. The molecule has 0 heterocycles. The predicted octanol–water partition coefficient (Wildman–Crippen LogP) is 0.188. The Hall–Kier alpha value is -0.170. The van der Waals surface area contributed by atoms with E-state index in [4.69, 9.17) is 4.74 Å². The number of ether oxygens (including phenoxy) is 1. The summed E-state index contributed by atoms with van der Waals surface area (Å²) in [5.74, 6) is 0.644. The van der Waals surface area contributed by atoms with Gasteiger partial charge in [-0.25, -0.2) is 13.1 Å². The van der Waals surface area contributed by atoms with Gasteiger partial charge in [0.05, 0.1) is 12.4 Å². The first-order chi connectivity index (χ1) is 7.48. The highest BCUT2D eigenvalue weighted by Crippen LogP contribution is 1.92. The zero-order chi connectivity index (χ0) is 12.4. The van der Waals surface area contributed by atoms with Gasteiger partial charge in [0.1, 0.15) is 0 Å². The first-order valence-corrected chi connectivity index (χ1v) is 7.33. The van der Waals surface area contributed by atoms with Crippen molar-refractivity contribution in [3.05, 3.63) is 0 Å². The van der Waals surface area contributed by atoms with Crippen LogP contribution in [0.3, 0.4) is 0 Å². The van der Waals surface area contributed by atoms with Crippen LogP contribution in [0.5, 0.6) is 0 Å². The Labute approximate surface area is 99.0 Å². The molecule has 0 aromatic heterocycles. The molecule has 5 nitrogen and oxygen atoms in total. The average molecular weight is 252 g/mol. The average Bonchev–Trinajstić information content (AvgIpc) is 2.16. The molecule has 0 fully saturated rings. The number of sulfonamides is 1. The van der Waals surface area contributed by atoms with Gasteiger partial charge in [-0.1, -0.05) is 13.8 Å². The molecular formula is C10H24N2O3S. The normalized spacial score (nSPS) is 12.2. The summed E-state index contributed by atoms with van der Waals surface area (Å²) in [4.78, 5) is 0. The highest BCUT2D eigenvalue weighted by molar-refractivity contribution is 7.89. The Morgan fingerprint density at radius 1 is 1.25 bits per heavy atom. The van der Waals surface area contributed by atoms with E-state index in [1.807, 2.05) is 0 Å². The van der Waals surface area contributed by atoms with Crippen molar-refractivity contribution in [1.82, 2.24) is 10.0 Å². The van der Waals surface area contributed by atoms with Crippen LogP contribution in [0.25, 0.3) is 0 Å². The molecule has 2 N–H and O–H groups in total. The fourth-order valence-electron chi connectivity index (χ4n) is 1.10. The third-order valence-corrected chi connectivity index (χ3v) is 3.33. The van der Waals surface area contributed by atoms with Crippen molar-refractivity contribution >= 4 is 10.0 Å². The van der Waals surface area contributed by atoms with Gasteiger partial charge in [0, 0.05) is 13.2 Å². The minimum atomic E-state index is -3.12. The van der Waals surface area contributed by atoms with Gasteiger partial charge in [0.2, 0.25) is 10.0 Å². The monoisotopic (exact) mass is 252 g/mol. The van der Waals surface area contributed by atoms with Gasteiger partial charge in [0.15, 0.2) is 0 Å². The van der Waals surface area contributed by atoms with Crippen LogP contribution in [0.1, 0.15) is 20.3 Å². The molecule has 0 aromatic carbocycles. The lowest BCUT2D eigenvalue weighted by atomic mass is 10.2. The van der Waals surface area contributed by atoms with Crippen LogP contribution in [-0.4, -0.2) is 47.5 Å². The fraction of sp³-hybridized carbons (Fsp3) is 1.00. The molecule has 6 heteroatoms. The minimum absolute atomic E-state index is 0.165. The van der Waals surface area contributed by atoms with E-state index in [0.717, 1.165) is 0 Å². The molecule has 0 spiro atoms. The number of rotatable bonds is 10. The molecule has 0 saturated carbocycles. The van der Waals surface area contributed by atoms with Gasteiger partial charge in [-0.05, 0) is 25.9 Å². The van der Waals surface area contributed by atoms with E-state index in [9.17, 15) is 8.42 Å². The third kappa shape index (κ3) is 10.4. The fourth-order valence-corrected chi connectivity index (χ4v) is 2.16. The molecule has 0 unspecified atom stereocenters. The van der Waals surface area contributed by atoms with Crippen LogP contribution < -0.4 is 10.0 Å². The summed E-state index contributed by atoms with van der Waals surface area (Å²) in [6, 6.07) is 0. The molecule has 16 heavy (non-hydrogen) atoms. The summed E-state index contributed by atoms with van der Waals surface area (Å²) in [7, 11) is -1.32. The van der Waals surface area contributed by atoms with Gasteiger partial charge >= 0.3 is 0 Å². The van der Waals surface area contributed by atoms with Crippen molar-refractivity contribution in [3.8, 4) is 0 Å². The SMILES string of the molecule is CNCCCS(=O)(=O)NCCOCC(C)C. The van der Waals surface area contributed by atoms with Crippen LogP contribution in [0.4, 0.5) is 0 Å². The number of hydrogen-bond acceptors (Lipinski definition) is 4. The maximum atomic E-state index is 11.4. The second-order valence-corrected chi connectivity index (χ2v) is 6.07. The third-order valence-electron chi connectivity index (χ3n) is 1.86. The van der Waals surface area contributed by atoms with Crippen LogP contribution in [0.2, 0.25) is 0 Å². The van der Waals surface area contributed by atoms with E-state index >= 15 is 0 Å². The molecule has 98 valence electrons. The molecule has 0 aliphatic rings. The molecule has 0 aliphatic heterocycles. The molecule has 0 bridgehead atoms. The number of hydrogen-bond donors (Lipinski definition) is 2. The van der Waals surface area contributed by atoms with Gasteiger partial charge in [0.25, 0.3) is 0 Å². The summed E-state index contributed by atoms with van der Waals surface area (Å²) in [5.41, 5.74) is 0. The van der Waals surface area contributed by atoms with Crippen molar-refractivity contribution in [3.63, 3.8) is 0 Å². The van der Waals surface area contributed by atoms with Crippen molar-refractivity contribution < 1.29 is 13.2 Å². The molecule has 0 radical (unpaired) electrons. The molecular weight excluding hydrogens is 228 g/mol. The van der Waals surface area contributed by atoms with Crippen LogP contribution in [-0.2, 0) is 14.8 Å². The van der Waals surface area contributed by atoms with E-state index in [1.165, 1.54) is 0 Å².